The summed E-state index contributed by atoms with van der Waals surface area (Å²) in [6, 6.07) is 15.7. The SMILES string of the molecule is NCC(Oc1ccccc1)c1cccc(F)c1. The van der Waals surface area contributed by atoms with Gasteiger partial charge in [0, 0.05) is 6.54 Å². The summed E-state index contributed by atoms with van der Waals surface area (Å²) in [4.78, 5) is 0. The highest BCUT2D eigenvalue weighted by atomic mass is 19.1. The Balaban J connectivity index is 2.17. The van der Waals surface area contributed by atoms with Crippen LogP contribution in [-0.2, 0) is 0 Å². The predicted molar refractivity (Wildman–Crippen MR) is 65.3 cm³/mol. The van der Waals surface area contributed by atoms with Crippen molar-refractivity contribution in [2.75, 3.05) is 6.54 Å². The molecule has 0 heterocycles. The lowest BCUT2D eigenvalue weighted by atomic mass is 10.1. The molecule has 0 radical (unpaired) electrons. The first-order valence-corrected chi connectivity index (χ1v) is 5.47. The zero-order valence-electron chi connectivity index (χ0n) is 9.34. The Kier molecular flexibility index (Phi) is 3.73. The lowest BCUT2D eigenvalue weighted by Crippen LogP contribution is -2.18. The van der Waals surface area contributed by atoms with Crippen LogP contribution in [-0.4, -0.2) is 6.54 Å². The van der Waals surface area contributed by atoms with Gasteiger partial charge in [-0.2, -0.15) is 0 Å². The molecule has 2 aromatic carbocycles. The molecule has 0 aliphatic carbocycles. The zero-order chi connectivity index (χ0) is 12.1. The van der Waals surface area contributed by atoms with Gasteiger partial charge < -0.3 is 10.5 Å². The lowest BCUT2D eigenvalue weighted by molar-refractivity contribution is 0.214. The van der Waals surface area contributed by atoms with Crippen molar-refractivity contribution >= 4 is 0 Å². The summed E-state index contributed by atoms with van der Waals surface area (Å²) in [5, 5.41) is 0. The van der Waals surface area contributed by atoms with E-state index in [0.717, 1.165) is 11.3 Å². The highest BCUT2D eigenvalue weighted by molar-refractivity contribution is 5.25. The van der Waals surface area contributed by atoms with Crippen molar-refractivity contribution in [1.29, 1.82) is 0 Å². The molecule has 0 spiro atoms. The standard InChI is InChI=1S/C14H14FNO/c15-12-6-4-5-11(9-12)14(10-16)17-13-7-2-1-3-8-13/h1-9,14H,10,16H2. The molecule has 2 rings (SSSR count). The molecule has 0 amide bonds. The molecule has 0 aromatic heterocycles. The molecule has 2 nitrogen and oxygen atoms in total. The minimum Gasteiger partial charge on any atom is -0.484 e. The van der Waals surface area contributed by atoms with Gasteiger partial charge in [0.05, 0.1) is 0 Å². The van der Waals surface area contributed by atoms with Gasteiger partial charge in [-0.3, -0.25) is 0 Å². The Hall–Kier alpha value is -1.87. The van der Waals surface area contributed by atoms with Crippen LogP contribution in [0.5, 0.6) is 5.75 Å². The van der Waals surface area contributed by atoms with Gasteiger partial charge in [-0.15, -0.1) is 0 Å². The van der Waals surface area contributed by atoms with E-state index in [2.05, 4.69) is 0 Å². The summed E-state index contributed by atoms with van der Waals surface area (Å²) in [5.74, 6) is 0.449. The molecule has 0 aliphatic rings. The average molecular weight is 231 g/mol. The smallest absolute Gasteiger partial charge is 0.136 e. The van der Waals surface area contributed by atoms with Crippen LogP contribution in [0.4, 0.5) is 4.39 Å². The van der Waals surface area contributed by atoms with E-state index in [9.17, 15) is 4.39 Å². The molecule has 0 saturated heterocycles. The second-order valence-electron chi connectivity index (χ2n) is 3.71. The monoisotopic (exact) mass is 231 g/mol. The van der Waals surface area contributed by atoms with Crippen molar-refractivity contribution < 1.29 is 9.13 Å². The first kappa shape index (κ1) is 11.6. The Labute approximate surface area is 99.8 Å². The summed E-state index contributed by atoms with van der Waals surface area (Å²) < 4.78 is 18.8. The molecule has 17 heavy (non-hydrogen) atoms. The topological polar surface area (TPSA) is 35.2 Å². The van der Waals surface area contributed by atoms with E-state index in [1.54, 1.807) is 6.07 Å². The highest BCUT2D eigenvalue weighted by Gasteiger charge is 2.11. The molecule has 0 bridgehead atoms. The molecular weight excluding hydrogens is 217 g/mol. The number of para-hydroxylation sites is 1. The Morgan fingerprint density at radius 1 is 1.06 bits per heavy atom. The van der Waals surface area contributed by atoms with Crippen molar-refractivity contribution in [2.24, 2.45) is 5.73 Å². The number of ether oxygens (including phenoxy) is 1. The maximum Gasteiger partial charge on any atom is 0.136 e. The van der Waals surface area contributed by atoms with Crippen LogP contribution in [0.25, 0.3) is 0 Å². The van der Waals surface area contributed by atoms with Crippen LogP contribution in [0.3, 0.4) is 0 Å². The highest BCUT2D eigenvalue weighted by Crippen LogP contribution is 2.21. The minimum atomic E-state index is -0.326. The summed E-state index contributed by atoms with van der Waals surface area (Å²) in [6.45, 7) is 0.304. The quantitative estimate of drug-likeness (QED) is 0.878. The molecule has 0 saturated carbocycles. The molecule has 0 aliphatic heterocycles. The number of benzene rings is 2. The molecule has 88 valence electrons. The van der Waals surface area contributed by atoms with Crippen molar-refractivity contribution in [2.45, 2.75) is 6.10 Å². The van der Waals surface area contributed by atoms with Gasteiger partial charge in [0.15, 0.2) is 0 Å². The normalized spacial score (nSPS) is 12.1. The van der Waals surface area contributed by atoms with Gasteiger partial charge in [0.25, 0.3) is 0 Å². The molecule has 3 heteroatoms. The third-order valence-corrected chi connectivity index (χ3v) is 2.46. The van der Waals surface area contributed by atoms with Crippen LogP contribution < -0.4 is 10.5 Å². The van der Waals surface area contributed by atoms with E-state index in [-0.39, 0.29) is 11.9 Å². The van der Waals surface area contributed by atoms with E-state index in [1.165, 1.54) is 12.1 Å². The molecular formula is C14H14FNO. The second kappa shape index (κ2) is 5.46. The van der Waals surface area contributed by atoms with Gasteiger partial charge >= 0.3 is 0 Å². The van der Waals surface area contributed by atoms with Gasteiger partial charge in [0.1, 0.15) is 17.7 Å². The first-order valence-electron chi connectivity index (χ1n) is 5.47. The van der Waals surface area contributed by atoms with Crippen LogP contribution in [0.2, 0.25) is 0 Å². The van der Waals surface area contributed by atoms with Gasteiger partial charge in [0.2, 0.25) is 0 Å². The maximum atomic E-state index is 13.1. The summed E-state index contributed by atoms with van der Waals surface area (Å²) in [6.07, 6.45) is -0.326. The lowest BCUT2D eigenvalue weighted by Gasteiger charge is -2.17. The Morgan fingerprint density at radius 2 is 1.82 bits per heavy atom. The van der Waals surface area contributed by atoms with Gasteiger partial charge in [-0.05, 0) is 29.8 Å². The second-order valence-corrected chi connectivity index (χ2v) is 3.71. The van der Waals surface area contributed by atoms with E-state index in [0.29, 0.717) is 6.54 Å². The number of halogens is 1. The van der Waals surface area contributed by atoms with Crippen LogP contribution in [0.1, 0.15) is 11.7 Å². The van der Waals surface area contributed by atoms with Crippen LogP contribution in [0.15, 0.2) is 54.6 Å². The molecule has 0 fully saturated rings. The summed E-state index contributed by atoms with van der Waals surface area (Å²) >= 11 is 0. The molecule has 2 N–H and O–H groups in total. The number of hydrogen-bond acceptors (Lipinski definition) is 2. The zero-order valence-corrected chi connectivity index (χ0v) is 9.34. The predicted octanol–water partition coefficient (Wildman–Crippen LogP) is 2.90. The van der Waals surface area contributed by atoms with E-state index in [1.807, 2.05) is 36.4 Å². The van der Waals surface area contributed by atoms with Gasteiger partial charge in [-0.25, -0.2) is 4.39 Å². The fourth-order valence-electron chi connectivity index (χ4n) is 1.62. The molecule has 1 unspecified atom stereocenters. The van der Waals surface area contributed by atoms with Crippen molar-refractivity contribution in [3.8, 4) is 5.75 Å². The van der Waals surface area contributed by atoms with E-state index >= 15 is 0 Å². The molecule has 1 atom stereocenters. The summed E-state index contributed by atoms with van der Waals surface area (Å²) in [5.41, 5.74) is 6.40. The number of hydrogen-bond donors (Lipinski definition) is 1. The van der Waals surface area contributed by atoms with Gasteiger partial charge in [-0.1, -0.05) is 30.3 Å². The third kappa shape index (κ3) is 3.04. The maximum absolute atomic E-state index is 13.1. The Morgan fingerprint density at radius 3 is 2.47 bits per heavy atom. The minimum absolute atomic E-state index is 0.280. The number of rotatable bonds is 4. The fraction of sp³-hybridized carbons (Fsp3) is 0.143. The van der Waals surface area contributed by atoms with Crippen LogP contribution >= 0.6 is 0 Å². The third-order valence-electron chi connectivity index (χ3n) is 2.46. The fourth-order valence-corrected chi connectivity index (χ4v) is 1.62. The van der Waals surface area contributed by atoms with Crippen LogP contribution in [0, 0.1) is 5.82 Å². The average Bonchev–Trinajstić information content (AvgIpc) is 2.37. The summed E-state index contributed by atoms with van der Waals surface area (Å²) in [7, 11) is 0. The van der Waals surface area contributed by atoms with E-state index < -0.39 is 0 Å². The largest absolute Gasteiger partial charge is 0.484 e. The van der Waals surface area contributed by atoms with E-state index in [4.69, 9.17) is 10.5 Å². The molecule has 2 aromatic rings. The van der Waals surface area contributed by atoms with Crippen molar-refractivity contribution in [1.82, 2.24) is 0 Å². The first-order chi connectivity index (χ1) is 8.29. The van der Waals surface area contributed by atoms with Crippen molar-refractivity contribution in [3.05, 3.63) is 66.0 Å². The van der Waals surface area contributed by atoms with Crippen molar-refractivity contribution in [3.63, 3.8) is 0 Å². The Bertz CT molecular complexity index is 473. The number of nitrogens with two attached hydrogens (primary N) is 1.